The molecule has 0 aliphatic carbocycles. The van der Waals surface area contributed by atoms with E-state index in [9.17, 15) is 9.59 Å². The lowest BCUT2D eigenvalue weighted by Crippen LogP contribution is -2.40. The Hall–Kier alpha value is -3.22. The standard InChI is InChI=1S/C23H27N5O2/c1-16-6-8-18(9-7-16)20(24-17(2)29)15-22(30)27-13-10-19(11-14-27)23-26-25-21-5-3-4-12-28(21)23/h3-9,12,19-20H,10-11,13-15H2,1-2H3,(H,24,29). The lowest BCUT2D eigenvalue weighted by molar-refractivity contribution is -0.133. The third-order valence-electron chi connectivity index (χ3n) is 5.79. The molecule has 7 nitrogen and oxygen atoms in total. The molecule has 0 spiro atoms. The van der Waals surface area contributed by atoms with Gasteiger partial charge in [-0.15, -0.1) is 10.2 Å². The van der Waals surface area contributed by atoms with Crippen LogP contribution in [0.4, 0.5) is 0 Å². The number of fused-ring (bicyclic) bond motifs is 1. The number of nitrogens with zero attached hydrogens (tertiary/aromatic N) is 4. The highest BCUT2D eigenvalue weighted by molar-refractivity contribution is 5.79. The van der Waals surface area contributed by atoms with Crippen molar-refractivity contribution in [3.8, 4) is 0 Å². The number of nitrogens with one attached hydrogen (secondary N) is 1. The van der Waals surface area contributed by atoms with E-state index in [-0.39, 0.29) is 30.2 Å². The maximum Gasteiger partial charge on any atom is 0.224 e. The van der Waals surface area contributed by atoms with Crippen molar-refractivity contribution < 1.29 is 9.59 Å². The number of hydrogen-bond acceptors (Lipinski definition) is 4. The summed E-state index contributed by atoms with van der Waals surface area (Å²) in [5.41, 5.74) is 2.95. The van der Waals surface area contributed by atoms with Gasteiger partial charge in [0.1, 0.15) is 5.82 Å². The summed E-state index contributed by atoms with van der Waals surface area (Å²) in [6, 6.07) is 13.5. The highest BCUT2D eigenvalue weighted by Gasteiger charge is 2.28. The van der Waals surface area contributed by atoms with Crippen LogP contribution >= 0.6 is 0 Å². The summed E-state index contributed by atoms with van der Waals surface area (Å²) >= 11 is 0. The SMILES string of the molecule is CC(=O)NC(CC(=O)N1CCC(c2nnc3ccccn23)CC1)c1ccc(C)cc1. The Morgan fingerprint density at radius 2 is 1.83 bits per heavy atom. The zero-order valence-corrected chi connectivity index (χ0v) is 17.4. The number of amides is 2. The van der Waals surface area contributed by atoms with Crippen molar-refractivity contribution in [1.29, 1.82) is 0 Å². The second kappa shape index (κ2) is 8.65. The molecule has 1 saturated heterocycles. The summed E-state index contributed by atoms with van der Waals surface area (Å²) in [6.45, 7) is 4.88. The number of piperidine rings is 1. The Morgan fingerprint density at radius 1 is 1.10 bits per heavy atom. The van der Waals surface area contributed by atoms with E-state index in [1.54, 1.807) is 0 Å². The summed E-state index contributed by atoms with van der Waals surface area (Å²) in [7, 11) is 0. The highest BCUT2D eigenvalue weighted by Crippen LogP contribution is 2.28. The van der Waals surface area contributed by atoms with Crippen LogP contribution in [0.2, 0.25) is 0 Å². The second-order valence-corrected chi connectivity index (χ2v) is 8.01. The summed E-state index contributed by atoms with van der Waals surface area (Å²) in [6.07, 6.45) is 3.97. The number of aromatic nitrogens is 3. The molecule has 2 amide bonds. The van der Waals surface area contributed by atoms with Crippen LogP contribution in [0.1, 0.15) is 55.1 Å². The average molecular weight is 406 g/mol. The van der Waals surface area contributed by atoms with E-state index in [0.717, 1.165) is 35.4 Å². The smallest absolute Gasteiger partial charge is 0.224 e. The molecule has 0 radical (unpaired) electrons. The van der Waals surface area contributed by atoms with Gasteiger partial charge in [-0.2, -0.15) is 0 Å². The van der Waals surface area contributed by atoms with Crippen molar-refractivity contribution in [3.63, 3.8) is 0 Å². The molecule has 1 aromatic carbocycles. The number of rotatable bonds is 5. The van der Waals surface area contributed by atoms with Crippen molar-refractivity contribution in [1.82, 2.24) is 24.8 Å². The van der Waals surface area contributed by atoms with E-state index in [0.29, 0.717) is 13.1 Å². The Bertz CT molecular complexity index is 1040. The number of carbonyl (C=O) groups is 2. The molecule has 1 fully saturated rings. The summed E-state index contributed by atoms with van der Waals surface area (Å²) < 4.78 is 2.03. The van der Waals surface area contributed by atoms with Crippen molar-refractivity contribution in [2.75, 3.05) is 13.1 Å². The van der Waals surface area contributed by atoms with Gasteiger partial charge in [0.15, 0.2) is 5.65 Å². The number of pyridine rings is 1. The Balaban J connectivity index is 1.40. The molecule has 0 saturated carbocycles. The number of aryl methyl sites for hydroxylation is 1. The predicted octanol–water partition coefficient (Wildman–Crippen LogP) is 3.01. The molecule has 0 bridgehead atoms. The molecular weight excluding hydrogens is 378 g/mol. The molecule has 3 aromatic rings. The van der Waals surface area contributed by atoms with Gasteiger partial charge in [0.05, 0.1) is 12.5 Å². The Kier molecular flexibility index (Phi) is 5.79. The van der Waals surface area contributed by atoms with E-state index in [2.05, 4.69) is 15.5 Å². The number of carbonyl (C=O) groups excluding carboxylic acids is 2. The Morgan fingerprint density at radius 3 is 2.53 bits per heavy atom. The van der Waals surface area contributed by atoms with Crippen LogP contribution in [-0.2, 0) is 9.59 Å². The van der Waals surface area contributed by atoms with Crippen molar-refractivity contribution >= 4 is 17.5 Å². The minimum absolute atomic E-state index is 0.0684. The number of benzene rings is 1. The molecule has 7 heteroatoms. The van der Waals surface area contributed by atoms with Crippen LogP contribution in [0.15, 0.2) is 48.7 Å². The molecule has 2 aromatic heterocycles. The first-order valence-electron chi connectivity index (χ1n) is 10.4. The van der Waals surface area contributed by atoms with Crippen LogP contribution in [0.3, 0.4) is 0 Å². The molecule has 156 valence electrons. The molecule has 4 rings (SSSR count). The first-order valence-corrected chi connectivity index (χ1v) is 10.4. The van der Waals surface area contributed by atoms with Gasteiger partial charge in [0.2, 0.25) is 11.8 Å². The fourth-order valence-electron chi connectivity index (χ4n) is 4.13. The van der Waals surface area contributed by atoms with Gasteiger partial charge in [0, 0.05) is 32.1 Å². The summed E-state index contributed by atoms with van der Waals surface area (Å²) in [4.78, 5) is 26.6. The molecule has 1 N–H and O–H groups in total. The Labute approximate surface area is 176 Å². The van der Waals surface area contributed by atoms with Crippen LogP contribution in [0, 0.1) is 6.92 Å². The van der Waals surface area contributed by atoms with E-state index in [4.69, 9.17) is 0 Å². The molecular formula is C23H27N5O2. The monoisotopic (exact) mass is 405 g/mol. The lowest BCUT2D eigenvalue weighted by Gasteiger charge is -2.32. The first-order chi connectivity index (χ1) is 14.5. The largest absolute Gasteiger partial charge is 0.349 e. The second-order valence-electron chi connectivity index (χ2n) is 8.01. The molecule has 1 atom stereocenters. The first kappa shape index (κ1) is 20.1. The molecule has 3 heterocycles. The quantitative estimate of drug-likeness (QED) is 0.708. The average Bonchev–Trinajstić information content (AvgIpc) is 3.18. The summed E-state index contributed by atoms with van der Waals surface area (Å²) in [5.74, 6) is 1.19. The van der Waals surface area contributed by atoms with Crippen LogP contribution in [-0.4, -0.2) is 44.4 Å². The van der Waals surface area contributed by atoms with Gasteiger partial charge in [-0.25, -0.2) is 0 Å². The molecule has 1 aliphatic rings. The zero-order valence-electron chi connectivity index (χ0n) is 17.4. The van der Waals surface area contributed by atoms with Crippen LogP contribution < -0.4 is 5.32 Å². The maximum absolute atomic E-state index is 13.0. The van der Waals surface area contributed by atoms with Crippen molar-refractivity contribution in [3.05, 3.63) is 65.6 Å². The summed E-state index contributed by atoms with van der Waals surface area (Å²) in [5, 5.41) is 11.6. The van der Waals surface area contributed by atoms with Crippen LogP contribution in [0.5, 0.6) is 0 Å². The number of likely N-dealkylation sites (tertiary alicyclic amines) is 1. The van der Waals surface area contributed by atoms with Gasteiger partial charge in [-0.1, -0.05) is 35.9 Å². The van der Waals surface area contributed by atoms with Gasteiger partial charge in [0.25, 0.3) is 0 Å². The zero-order chi connectivity index (χ0) is 21.1. The van der Waals surface area contributed by atoms with Crippen molar-refractivity contribution in [2.45, 2.75) is 45.1 Å². The minimum Gasteiger partial charge on any atom is -0.349 e. The van der Waals surface area contributed by atoms with Gasteiger partial charge in [-0.05, 0) is 37.5 Å². The predicted molar refractivity (Wildman–Crippen MR) is 114 cm³/mol. The fourth-order valence-corrected chi connectivity index (χ4v) is 4.13. The highest BCUT2D eigenvalue weighted by atomic mass is 16.2. The van der Waals surface area contributed by atoms with E-state index < -0.39 is 0 Å². The molecule has 30 heavy (non-hydrogen) atoms. The van der Waals surface area contributed by atoms with E-state index in [1.807, 2.05) is 64.9 Å². The van der Waals surface area contributed by atoms with Gasteiger partial charge in [-0.3, -0.25) is 14.0 Å². The number of hydrogen-bond donors (Lipinski definition) is 1. The van der Waals surface area contributed by atoms with Gasteiger partial charge < -0.3 is 10.2 Å². The van der Waals surface area contributed by atoms with Gasteiger partial charge >= 0.3 is 0 Å². The van der Waals surface area contributed by atoms with E-state index in [1.165, 1.54) is 6.92 Å². The minimum atomic E-state index is -0.311. The third-order valence-corrected chi connectivity index (χ3v) is 5.79. The molecule has 1 unspecified atom stereocenters. The lowest BCUT2D eigenvalue weighted by atomic mass is 9.95. The topological polar surface area (TPSA) is 79.6 Å². The maximum atomic E-state index is 13.0. The van der Waals surface area contributed by atoms with Crippen LogP contribution in [0.25, 0.3) is 5.65 Å². The normalized spacial score (nSPS) is 15.9. The third kappa shape index (κ3) is 4.35. The van der Waals surface area contributed by atoms with Crippen molar-refractivity contribution in [2.24, 2.45) is 0 Å². The molecule has 1 aliphatic heterocycles. The van der Waals surface area contributed by atoms with E-state index >= 15 is 0 Å². The fraction of sp³-hybridized carbons (Fsp3) is 0.391.